The van der Waals surface area contributed by atoms with Gasteiger partial charge < -0.3 is 4.55 Å². The largest absolute Gasteiger partial charge is 1.00 e. The molecule has 0 saturated heterocycles. The maximum absolute atomic E-state index is 11.0. The molecule has 0 heterocycles. The minimum Gasteiger partial charge on any atom is -0.744 e. The normalized spacial score (nSPS) is 11.3. The van der Waals surface area contributed by atoms with Crippen LogP contribution in [0.1, 0.15) is 25.0 Å². The topological polar surface area (TPSA) is 57.2 Å². The van der Waals surface area contributed by atoms with Crippen molar-refractivity contribution in [1.82, 2.24) is 0 Å². The second-order valence-electron chi connectivity index (χ2n) is 4.29. The molecule has 5 heteroatoms. The summed E-state index contributed by atoms with van der Waals surface area (Å²) in [6, 6.07) is 8.56. The molecule has 0 radical (unpaired) electrons. The molecule has 0 fully saturated rings. The molecule has 2 rings (SSSR count). The first-order valence-corrected chi connectivity index (χ1v) is 7.38. The van der Waals surface area contributed by atoms with Crippen LogP contribution in [0.2, 0.25) is 0 Å². The van der Waals surface area contributed by atoms with Crippen LogP contribution in [-0.2, 0) is 23.0 Å². The van der Waals surface area contributed by atoms with Gasteiger partial charge in [-0.25, -0.2) is 8.42 Å². The average molecular weight is 286 g/mol. The van der Waals surface area contributed by atoms with E-state index in [1.165, 1.54) is 23.3 Å². The first kappa shape index (κ1) is 16.7. The molecule has 96 valence electrons. The molecule has 0 unspecified atom stereocenters. The quantitative estimate of drug-likeness (QED) is 0.583. The van der Waals surface area contributed by atoms with Crippen LogP contribution in [0.3, 0.4) is 0 Å². The monoisotopic (exact) mass is 286 g/mol. The molecule has 0 amide bonds. The Balaban J connectivity index is 0.00000180. The molecule has 0 saturated carbocycles. The fraction of sp³-hybridized carbons (Fsp3) is 0.286. The fourth-order valence-corrected chi connectivity index (χ4v) is 2.69. The summed E-state index contributed by atoms with van der Waals surface area (Å²) in [6.07, 6.45) is 1.84. The fourth-order valence-electron chi connectivity index (χ4n) is 2.18. The van der Waals surface area contributed by atoms with E-state index in [0.717, 1.165) is 23.6 Å². The van der Waals surface area contributed by atoms with E-state index in [0.29, 0.717) is 0 Å². The van der Waals surface area contributed by atoms with Gasteiger partial charge in [0.2, 0.25) is 0 Å². The summed E-state index contributed by atoms with van der Waals surface area (Å²) >= 11 is 0. The average Bonchev–Trinajstić information content (AvgIpc) is 2.35. The van der Waals surface area contributed by atoms with E-state index in [1.54, 1.807) is 6.07 Å². The van der Waals surface area contributed by atoms with E-state index < -0.39 is 10.1 Å². The molecule has 2 aromatic rings. The third-order valence-electron chi connectivity index (χ3n) is 3.18. The molecule has 0 atom stereocenters. The zero-order valence-corrected chi connectivity index (χ0v) is 14.3. The minimum absolute atomic E-state index is 0. The van der Waals surface area contributed by atoms with Crippen molar-refractivity contribution < 1.29 is 42.5 Å². The molecular weight excluding hydrogens is 271 g/mol. The van der Waals surface area contributed by atoms with E-state index in [-0.39, 0.29) is 34.5 Å². The molecule has 0 bridgehead atoms. The smallest absolute Gasteiger partial charge is 0.744 e. The van der Waals surface area contributed by atoms with Crippen molar-refractivity contribution in [3.8, 4) is 0 Å². The van der Waals surface area contributed by atoms with Crippen LogP contribution < -0.4 is 29.6 Å². The molecule has 0 aliphatic heterocycles. The van der Waals surface area contributed by atoms with Gasteiger partial charge in [-0.2, -0.15) is 0 Å². The van der Waals surface area contributed by atoms with Crippen LogP contribution in [0.5, 0.6) is 0 Å². The number of hydrogen-bond acceptors (Lipinski definition) is 3. The van der Waals surface area contributed by atoms with Crippen molar-refractivity contribution in [1.29, 1.82) is 0 Å². The molecule has 0 spiro atoms. The Kier molecular flexibility index (Phi) is 5.59. The first-order valence-electron chi connectivity index (χ1n) is 5.97. The van der Waals surface area contributed by atoms with Crippen molar-refractivity contribution in [2.24, 2.45) is 0 Å². The summed E-state index contributed by atoms with van der Waals surface area (Å²) in [5, 5.41) is 1.78. The Labute approximate surface area is 136 Å². The van der Waals surface area contributed by atoms with Gasteiger partial charge in [-0.15, -0.1) is 0 Å². The summed E-state index contributed by atoms with van der Waals surface area (Å²) in [4.78, 5) is -0.165. The van der Waals surface area contributed by atoms with Crippen LogP contribution in [0.15, 0.2) is 35.2 Å². The second-order valence-corrected chi connectivity index (χ2v) is 5.67. The summed E-state index contributed by atoms with van der Waals surface area (Å²) in [5.41, 5.74) is 2.47. The molecule has 2 aromatic carbocycles. The van der Waals surface area contributed by atoms with Crippen LogP contribution >= 0.6 is 0 Å². The van der Waals surface area contributed by atoms with Crippen molar-refractivity contribution in [2.45, 2.75) is 31.6 Å². The Morgan fingerprint density at radius 1 is 0.947 bits per heavy atom. The van der Waals surface area contributed by atoms with Gasteiger partial charge in [-0.3, -0.25) is 0 Å². The maximum Gasteiger partial charge on any atom is 1.00 e. The number of hydrogen-bond donors (Lipinski definition) is 0. The maximum atomic E-state index is 11.0. The van der Waals surface area contributed by atoms with Gasteiger partial charge in [-0.05, 0) is 46.9 Å². The van der Waals surface area contributed by atoms with Gasteiger partial charge >= 0.3 is 29.6 Å². The van der Waals surface area contributed by atoms with Gasteiger partial charge in [0, 0.05) is 0 Å². The Morgan fingerprint density at radius 2 is 1.47 bits per heavy atom. The van der Waals surface area contributed by atoms with Crippen LogP contribution in [0.25, 0.3) is 10.8 Å². The van der Waals surface area contributed by atoms with Crippen LogP contribution in [-0.4, -0.2) is 13.0 Å². The zero-order valence-electron chi connectivity index (χ0n) is 11.4. The van der Waals surface area contributed by atoms with E-state index in [9.17, 15) is 13.0 Å². The number of rotatable bonds is 3. The summed E-state index contributed by atoms with van der Waals surface area (Å²) in [7, 11) is -4.38. The van der Waals surface area contributed by atoms with E-state index in [4.69, 9.17) is 0 Å². The summed E-state index contributed by atoms with van der Waals surface area (Å²) < 4.78 is 33.0. The van der Waals surface area contributed by atoms with E-state index >= 15 is 0 Å². The standard InChI is InChI=1S/C14H16O3S.Na/c1-3-10-7-12-5-6-14(18(15,16)17)9-13(12)8-11(10)4-2;/h5-9H,3-4H2,1-2H3,(H,15,16,17);/q;+1/p-1. The van der Waals surface area contributed by atoms with Crippen molar-refractivity contribution in [3.63, 3.8) is 0 Å². The van der Waals surface area contributed by atoms with Crippen molar-refractivity contribution in [3.05, 3.63) is 41.5 Å². The van der Waals surface area contributed by atoms with Gasteiger partial charge in [0.15, 0.2) is 0 Å². The molecule has 3 nitrogen and oxygen atoms in total. The Hall–Kier alpha value is -0.390. The third-order valence-corrected chi connectivity index (χ3v) is 4.01. The van der Waals surface area contributed by atoms with Gasteiger partial charge in [0.25, 0.3) is 0 Å². The van der Waals surface area contributed by atoms with E-state index in [2.05, 4.69) is 19.9 Å². The van der Waals surface area contributed by atoms with Crippen LogP contribution in [0, 0.1) is 0 Å². The summed E-state index contributed by atoms with van der Waals surface area (Å²) in [5.74, 6) is 0. The predicted molar refractivity (Wildman–Crippen MR) is 70.7 cm³/mol. The zero-order chi connectivity index (χ0) is 13.3. The number of benzene rings is 2. The van der Waals surface area contributed by atoms with Gasteiger partial charge in [0.1, 0.15) is 10.1 Å². The summed E-state index contributed by atoms with van der Waals surface area (Å²) in [6.45, 7) is 4.16. The molecular formula is C14H15NaO3S. The van der Waals surface area contributed by atoms with Crippen molar-refractivity contribution in [2.75, 3.05) is 0 Å². The SMILES string of the molecule is CCc1cc2ccc(S(=O)(=O)[O-])cc2cc1CC.[Na+]. The number of fused-ring (bicyclic) bond motifs is 1. The Morgan fingerprint density at radius 3 is 1.95 bits per heavy atom. The van der Waals surface area contributed by atoms with Gasteiger partial charge in [0.05, 0.1) is 4.90 Å². The van der Waals surface area contributed by atoms with E-state index in [1.807, 2.05) is 6.07 Å². The predicted octanol–water partition coefficient (Wildman–Crippen LogP) is -0.127. The van der Waals surface area contributed by atoms with Gasteiger partial charge in [-0.1, -0.05) is 32.0 Å². The first-order chi connectivity index (χ1) is 8.45. The molecule has 0 aliphatic rings. The third kappa shape index (κ3) is 3.58. The second kappa shape index (κ2) is 6.37. The molecule has 0 aromatic heterocycles. The number of aryl methyl sites for hydroxylation is 2. The molecule has 19 heavy (non-hydrogen) atoms. The van der Waals surface area contributed by atoms with Crippen molar-refractivity contribution >= 4 is 20.9 Å². The molecule has 0 aliphatic carbocycles. The minimum atomic E-state index is -4.38. The molecule has 0 N–H and O–H groups in total. The van der Waals surface area contributed by atoms with Crippen LogP contribution in [0.4, 0.5) is 0 Å². The Bertz CT molecular complexity index is 693.